The van der Waals surface area contributed by atoms with E-state index < -0.39 is 35.7 Å². The molecule has 1 aliphatic rings. The smallest absolute Gasteiger partial charge is 0.324 e. The maximum atomic E-state index is 13.2. The Hall–Kier alpha value is -2.87. The SMILES string of the molecule is CCC1(c2ccc(F)cc2)NC(=O)N(CC(=O)Nc2cccc(SC)c2)C1=O. The Kier molecular flexibility index (Phi) is 5.69. The van der Waals surface area contributed by atoms with E-state index in [9.17, 15) is 18.8 Å². The molecule has 0 bridgehead atoms. The summed E-state index contributed by atoms with van der Waals surface area (Å²) in [6.45, 7) is 1.34. The van der Waals surface area contributed by atoms with Crippen LogP contribution >= 0.6 is 11.8 Å². The highest BCUT2D eigenvalue weighted by Crippen LogP contribution is 2.32. The minimum absolute atomic E-state index is 0.275. The van der Waals surface area contributed by atoms with Gasteiger partial charge in [0.15, 0.2) is 0 Å². The maximum absolute atomic E-state index is 13.2. The number of hydrogen-bond donors (Lipinski definition) is 2. The van der Waals surface area contributed by atoms with Gasteiger partial charge >= 0.3 is 6.03 Å². The molecule has 0 spiro atoms. The minimum Gasteiger partial charge on any atom is -0.324 e. The van der Waals surface area contributed by atoms with Gasteiger partial charge < -0.3 is 10.6 Å². The Morgan fingerprint density at radius 2 is 1.93 bits per heavy atom. The molecule has 1 fully saturated rings. The molecule has 2 aromatic rings. The van der Waals surface area contributed by atoms with Crippen molar-refractivity contribution in [3.63, 3.8) is 0 Å². The van der Waals surface area contributed by atoms with Crippen molar-refractivity contribution in [1.29, 1.82) is 0 Å². The molecule has 0 aliphatic carbocycles. The second kappa shape index (κ2) is 8.02. The zero-order chi connectivity index (χ0) is 20.3. The quantitative estimate of drug-likeness (QED) is 0.575. The van der Waals surface area contributed by atoms with Crippen LogP contribution in [-0.2, 0) is 15.1 Å². The molecule has 4 amide bonds. The lowest BCUT2D eigenvalue weighted by Crippen LogP contribution is -2.44. The van der Waals surface area contributed by atoms with Crippen molar-refractivity contribution >= 4 is 35.3 Å². The number of nitrogens with zero attached hydrogens (tertiary/aromatic N) is 1. The van der Waals surface area contributed by atoms with Crippen molar-refractivity contribution in [2.45, 2.75) is 23.8 Å². The van der Waals surface area contributed by atoms with E-state index in [0.29, 0.717) is 11.3 Å². The van der Waals surface area contributed by atoms with Gasteiger partial charge in [0.25, 0.3) is 5.91 Å². The van der Waals surface area contributed by atoms with Gasteiger partial charge in [-0.05, 0) is 48.6 Å². The Bertz CT molecular complexity index is 919. The Morgan fingerprint density at radius 1 is 1.21 bits per heavy atom. The average molecular weight is 401 g/mol. The number of hydrogen-bond acceptors (Lipinski definition) is 4. The van der Waals surface area contributed by atoms with Crippen LogP contribution < -0.4 is 10.6 Å². The molecule has 1 saturated heterocycles. The van der Waals surface area contributed by atoms with Crippen molar-refractivity contribution in [2.75, 3.05) is 18.1 Å². The van der Waals surface area contributed by atoms with E-state index in [1.807, 2.05) is 24.5 Å². The van der Waals surface area contributed by atoms with Crippen LogP contribution in [0.5, 0.6) is 0 Å². The Labute approximate surface area is 166 Å². The van der Waals surface area contributed by atoms with Gasteiger partial charge in [-0.1, -0.05) is 25.1 Å². The van der Waals surface area contributed by atoms with E-state index in [-0.39, 0.29) is 6.42 Å². The van der Waals surface area contributed by atoms with Crippen molar-refractivity contribution < 1.29 is 18.8 Å². The summed E-state index contributed by atoms with van der Waals surface area (Å²) in [6.07, 6.45) is 2.20. The van der Waals surface area contributed by atoms with Gasteiger partial charge in [-0.15, -0.1) is 11.8 Å². The second-order valence-electron chi connectivity index (χ2n) is 6.37. The number of thioether (sulfide) groups is 1. The number of halogens is 1. The van der Waals surface area contributed by atoms with Crippen molar-refractivity contribution in [1.82, 2.24) is 10.2 Å². The van der Waals surface area contributed by atoms with Crippen LogP contribution in [0.3, 0.4) is 0 Å². The topological polar surface area (TPSA) is 78.5 Å². The molecule has 0 radical (unpaired) electrons. The van der Waals surface area contributed by atoms with E-state index in [2.05, 4.69) is 10.6 Å². The molecular weight excluding hydrogens is 381 g/mol. The third-order valence-corrected chi connectivity index (χ3v) is 5.42. The highest BCUT2D eigenvalue weighted by atomic mass is 32.2. The number of nitrogens with one attached hydrogen (secondary N) is 2. The zero-order valence-corrected chi connectivity index (χ0v) is 16.3. The third kappa shape index (κ3) is 3.73. The molecule has 3 rings (SSSR count). The number of carbonyl (C=O) groups is 3. The molecule has 1 heterocycles. The lowest BCUT2D eigenvalue weighted by molar-refractivity contribution is -0.134. The third-order valence-electron chi connectivity index (χ3n) is 4.70. The van der Waals surface area contributed by atoms with Crippen LogP contribution in [0, 0.1) is 5.82 Å². The molecule has 2 N–H and O–H groups in total. The van der Waals surface area contributed by atoms with Gasteiger partial charge in [-0.2, -0.15) is 0 Å². The fourth-order valence-corrected chi connectivity index (χ4v) is 3.65. The van der Waals surface area contributed by atoms with Crippen molar-refractivity contribution in [3.05, 3.63) is 59.9 Å². The molecule has 28 heavy (non-hydrogen) atoms. The lowest BCUT2D eigenvalue weighted by atomic mass is 9.87. The molecule has 1 aliphatic heterocycles. The number of carbonyl (C=O) groups excluding carboxylic acids is 3. The highest BCUT2D eigenvalue weighted by molar-refractivity contribution is 7.98. The van der Waals surface area contributed by atoms with Crippen molar-refractivity contribution in [2.24, 2.45) is 0 Å². The summed E-state index contributed by atoms with van der Waals surface area (Å²) in [5.74, 6) is -1.44. The standard InChI is InChI=1S/C20H20FN3O3S/c1-3-20(13-7-9-14(21)10-8-13)18(26)24(19(27)23-20)12-17(25)22-15-5-4-6-16(11-15)28-2/h4-11H,3,12H2,1-2H3,(H,22,25)(H,23,27). The van der Waals surface area contributed by atoms with E-state index >= 15 is 0 Å². The summed E-state index contributed by atoms with van der Waals surface area (Å²) < 4.78 is 13.2. The van der Waals surface area contributed by atoms with Gasteiger partial charge in [-0.3, -0.25) is 14.5 Å². The van der Waals surface area contributed by atoms with E-state index in [1.54, 1.807) is 13.0 Å². The largest absolute Gasteiger partial charge is 0.325 e. The summed E-state index contributed by atoms with van der Waals surface area (Å²) in [5.41, 5.74) is -0.237. The van der Waals surface area contributed by atoms with E-state index in [4.69, 9.17) is 0 Å². The van der Waals surface area contributed by atoms with Crippen LogP contribution in [0.1, 0.15) is 18.9 Å². The predicted molar refractivity (Wildman–Crippen MR) is 105 cm³/mol. The van der Waals surface area contributed by atoms with E-state index in [0.717, 1.165) is 9.80 Å². The molecule has 146 valence electrons. The van der Waals surface area contributed by atoms with Crippen LogP contribution in [-0.4, -0.2) is 35.5 Å². The Balaban J connectivity index is 1.77. The summed E-state index contributed by atoms with van der Waals surface area (Å²) in [4.78, 5) is 39.7. The molecular formula is C20H20FN3O3S. The Morgan fingerprint density at radius 3 is 2.57 bits per heavy atom. The number of benzene rings is 2. The number of amides is 4. The number of imide groups is 1. The average Bonchev–Trinajstić information content (AvgIpc) is 2.93. The van der Waals surface area contributed by atoms with Crippen LogP contribution in [0.15, 0.2) is 53.4 Å². The molecule has 0 saturated carbocycles. The second-order valence-corrected chi connectivity index (χ2v) is 7.25. The fourth-order valence-electron chi connectivity index (χ4n) is 3.19. The fraction of sp³-hybridized carbons (Fsp3) is 0.250. The maximum Gasteiger partial charge on any atom is 0.325 e. The van der Waals surface area contributed by atoms with Gasteiger partial charge in [0.2, 0.25) is 5.91 Å². The van der Waals surface area contributed by atoms with Gasteiger partial charge in [0, 0.05) is 10.6 Å². The summed E-state index contributed by atoms with van der Waals surface area (Å²) >= 11 is 1.54. The molecule has 1 atom stereocenters. The molecule has 6 nitrogen and oxygen atoms in total. The number of urea groups is 1. The molecule has 1 unspecified atom stereocenters. The summed E-state index contributed by atoms with van der Waals surface area (Å²) in [7, 11) is 0. The normalized spacial score (nSPS) is 18.9. The first kappa shape index (κ1) is 19.9. The predicted octanol–water partition coefficient (Wildman–Crippen LogP) is 3.34. The number of anilines is 1. The van der Waals surface area contributed by atoms with Crippen LogP contribution in [0.25, 0.3) is 0 Å². The molecule has 2 aromatic carbocycles. The zero-order valence-electron chi connectivity index (χ0n) is 15.5. The first-order chi connectivity index (χ1) is 13.4. The molecule has 8 heteroatoms. The van der Waals surface area contributed by atoms with Gasteiger partial charge in [0.05, 0.1) is 0 Å². The van der Waals surface area contributed by atoms with Gasteiger partial charge in [0.1, 0.15) is 17.9 Å². The van der Waals surface area contributed by atoms with Crippen LogP contribution in [0.4, 0.5) is 14.9 Å². The first-order valence-electron chi connectivity index (χ1n) is 8.73. The summed E-state index contributed by atoms with van der Waals surface area (Å²) in [5, 5.41) is 5.37. The first-order valence-corrected chi connectivity index (χ1v) is 9.96. The number of rotatable bonds is 6. The monoisotopic (exact) mass is 401 g/mol. The summed E-state index contributed by atoms with van der Waals surface area (Å²) in [6, 6.07) is 12.0. The highest BCUT2D eigenvalue weighted by Gasteiger charge is 2.51. The van der Waals surface area contributed by atoms with Crippen molar-refractivity contribution in [3.8, 4) is 0 Å². The minimum atomic E-state index is -1.30. The van der Waals surface area contributed by atoms with Gasteiger partial charge in [-0.25, -0.2) is 9.18 Å². The van der Waals surface area contributed by atoms with E-state index in [1.165, 1.54) is 36.0 Å². The van der Waals surface area contributed by atoms with Crippen LogP contribution in [0.2, 0.25) is 0 Å². The lowest BCUT2D eigenvalue weighted by Gasteiger charge is -2.25. The molecule has 0 aromatic heterocycles.